The topological polar surface area (TPSA) is 76.1 Å². The van der Waals surface area contributed by atoms with Gasteiger partial charge in [-0.1, -0.05) is 37.3 Å². The molecule has 2 rings (SSSR count). The number of amides is 1. The van der Waals surface area contributed by atoms with E-state index < -0.39 is 6.10 Å². The number of β-amino-alcohol motifs (C(OH)–C–C–N with tert-alkyl or cyclic N) is 1. The van der Waals surface area contributed by atoms with Crippen LogP contribution >= 0.6 is 0 Å². The second-order valence-electron chi connectivity index (χ2n) is 5.61. The molecule has 1 fully saturated rings. The van der Waals surface area contributed by atoms with E-state index in [-0.39, 0.29) is 24.6 Å². The number of carbonyl (C=O) groups is 2. The first kappa shape index (κ1) is 20.0. The van der Waals surface area contributed by atoms with Crippen LogP contribution in [0, 0.1) is 5.92 Å². The van der Waals surface area contributed by atoms with Crippen LogP contribution in [0.2, 0.25) is 0 Å². The summed E-state index contributed by atoms with van der Waals surface area (Å²) in [6, 6.07) is 9.59. The van der Waals surface area contributed by atoms with E-state index in [4.69, 9.17) is 4.74 Å². The Bertz CT molecular complexity index is 505. The van der Waals surface area contributed by atoms with Gasteiger partial charge in [0.25, 0.3) is 0 Å². The van der Waals surface area contributed by atoms with Crippen molar-refractivity contribution in [2.75, 3.05) is 19.7 Å². The van der Waals surface area contributed by atoms with Gasteiger partial charge in [-0.15, -0.1) is 0 Å². The molecule has 0 spiro atoms. The van der Waals surface area contributed by atoms with Crippen LogP contribution < -0.4 is 0 Å². The third-order valence-corrected chi connectivity index (χ3v) is 3.74. The monoisotopic (exact) mass is 337 g/mol. The van der Waals surface area contributed by atoms with E-state index in [0.717, 1.165) is 12.0 Å². The second kappa shape index (κ2) is 10.6. The summed E-state index contributed by atoms with van der Waals surface area (Å²) in [6.45, 7) is 6.92. The maximum Gasteiger partial charge on any atom is 0.410 e. The SMILES string of the molecule is CCC1CN(C(=O)OCc2ccccc2)CC1O.CCOC(C)=O. The minimum Gasteiger partial charge on any atom is -0.466 e. The molecule has 0 bridgehead atoms. The van der Waals surface area contributed by atoms with Crippen molar-refractivity contribution in [1.29, 1.82) is 0 Å². The van der Waals surface area contributed by atoms with Gasteiger partial charge >= 0.3 is 12.1 Å². The molecule has 1 saturated heterocycles. The van der Waals surface area contributed by atoms with Gasteiger partial charge in [0.05, 0.1) is 19.3 Å². The molecule has 2 atom stereocenters. The van der Waals surface area contributed by atoms with E-state index in [1.807, 2.05) is 37.3 Å². The highest BCUT2D eigenvalue weighted by molar-refractivity contribution is 5.68. The molecule has 134 valence electrons. The molecule has 1 N–H and O–H groups in total. The lowest BCUT2D eigenvalue weighted by Gasteiger charge is -2.15. The predicted octanol–water partition coefficient (Wildman–Crippen LogP) is 2.60. The maximum absolute atomic E-state index is 11.8. The maximum atomic E-state index is 11.8. The fourth-order valence-electron chi connectivity index (χ4n) is 2.42. The third kappa shape index (κ3) is 7.00. The van der Waals surface area contributed by atoms with E-state index in [0.29, 0.717) is 19.7 Å². The molecule has 1 aliphatic rings. The summed E-state index contributed by atoms with van der Waals surface area (Å²) in [5, 5.41) is 9.74. The molecule has 1 aromatic carbocycles. The Hall–Kier alpha value is -2.08. The van der Waals surface area contributed by atoms with Crippen LogP contribution in [-0.2, 0) is 20.9 Å². The first-order valence-corrected chi connectivity index (χ1v) is 8.24. The van der Waals surface area contributed by atoms with E-state index in [2.05, 4.69) is 4.74 Å². The molecular weight excluding hydrogens is 310 g/mol. The summed E-state index contributed by atoms with van der Waals surface area (Å²) in [6.07, 6.45) is 0.122. The fourth-order valence-corrected chi connectivity index (χ4v) is 2.42. The standard InChI is InChI=1S/C14H19NO3.C4H8O2/c1-2-12-8-15(9-13(12)16)14(17)18-10-11-6-4-3-5-7-11;1-3-6-4(2)5/h3-7,12-13,16H,2,8-10H2,1H3;3H2,1-2H3. The summed E-state index contributed by atoms with van der Waals surface area (Å²) in [4.78, 5) is 23.2. The van der Waals surface area contributed by atoms with Crippen LogP contribution in [0.4, 0.5) is 4.79 Å². The van der Waals surface area contributed by atoms with Gasteiger partial charge < -0.3 is 19.5 Å². The van der Waals surface area contributed by atoms with Crippen LogP contribution in [0.5, 0.6) is 0 Å². The Kier molecular flexibility index (Phi) is 8.86. The smallest absolute Gasteiger partial charge is 0.410 e. The van der Waals surface area contributed by atoms with Crippen LogP contribution in [-0.4, -0.2) is 47.9 Å². The number of nitrogens with zero attached hydrogens (tertiary/aromatic N) is 1. The number of hydrogen-bond donors (Lipinski definition) is 1. The Labute approximate surface area is 143 Å². The van der Waals surface area contributed by atoms with Gasteiger partial charge in [0.15, 0.2) is 0 Å². The van der Waals surface area contributed by atoms with Crippen molar-refractivity contribution in [1.82, 2.24) is 4.90 Å². The first-order valence-electron chi connectivity index (χ1n) is 8.24. The Morgan fingerprint density at radius 1 is 1.17 bits per heavy atom. The van der Waals surface area contributed by atoms with Crippen LogP contribution in [0.25, 0.3) is 0 Å². The quantitative estimate of drug-likeness (QED) is 0.855. The highest BCUT2D eigenvalue weighted by Crippen LogP contribution is 2.20. The van der Waals surface area contributed by atoms with Gasteiger partial charge in [-0.05, 0) is 18.9 Å². The molecule has 0 radical (unpaired) electrons. The molecule has 0 aromatic heterocycles. The van der Waals surface area contributed by atoms with E-state index in [9.17, 15) is 14.7 Å². The lowest BCUT2D eigenvalue weighted by Crippen LogP contribution is -2.30. The highest BCUT2D eigenvalue weighted by atomic mass is 16.6. The first-order chi connectivity index (χ1) is 11.5. The number of esters is 1. The molecule has 1 heterocycles. The lowest BCUT2D eigenvalue weighted by molar-refractivity contribution is -0.140. The average molecular weight is 337 g/mol. The summed E-state index contributed by atoms with van der Waals surface area (Å²) < 4.78 is 9.63. The average Bonchev–Trinajstić information content (AvgIpc) is 2.95. The Morgan fingerprint density at radius 2 is 1.83 bits per heavy atom. The minimum atomic E-state index is -0.417. The number of aliphatic hydroxyl groups is 1. The summed E-state index contributed by atoms with van der Waals surface area (Å²) in [5.74, 6) is -0.0354. The fraction of sp³-hybridized carbons (Fsp3) is 0.556. The molecule has 1 aromatic rings. The number of hydrogen-bond acceptors (Lipinski definition) is 5. The molecular formula is C18H27NO5. The number of carbonyl (C=O) groups excluding carboxylic acids is 2. The molecule has 24 heavy (non-hydrogen) atoms. The van der Waals surface area contributed by atoms with Crippen molar-refractivity contribution >= 4 is 12.1 Å². The van der Waals surface area contributed by atoms with Crippen LogP contribution in [0.3, 0.4) is 0 Å². The number of benzene rings is 1. The Morgan fingerprint density at radius 3 is 2.29 bits per heavy atom. The number of rotatable bonds is 4. The van der Waals surface area contributed by atoms with Crippen molar-refractivity contribution in [3.05, 3.63) is 35.9 Å². The summed E-state index contributed by atoms with van der Waals surface area (Å²) in [7, 11) is 0. The van der Waals surface area contributed by atoms with Crippen molar-refractivity contribution in [2.45, 2.75) is 39.9 Å². The minimum absolute atomic E-state index is 0.175. The normalized spacial score (nSPS) is 19.2. The molecule has 1 aliphatic heterocycles. The lowest BCUT2D eigenvalue weighted by atomic mass is 10.0. The zero-order chi connectivity index (χ0) is 17.9. The van der Waals surface area contributed by atoms with Gasteiger partial charge in [0.2, 0.25) is 0 Å². The van der Waals surface area contributed by atoms with Gasteiger partial charge in [-0.2, -0.15) is 0 Å². The predicted molar refractivity (Wildman–Crippen MR) is 90.3 cm³/mol. The van der Waals surface area contributed by atoms with Gasteiger partial charge in [-0.3, -0.25) is 4.79 Å². The molecule has 2 unspecified atom stereocenters. The van der Waals surface area contributed by atoms with Crippen molar-refractivity contribution in [2.24, 2.45) is 5.92 Å². The van der Waals surface area contributed by atoms with Gasteiger partial charge in [0, 0.05) is 19.4 Å². The number of likely N-dealkylation sites (tertiary alicyclic amines) is 1. The van der Waals surface area contributed by atoms with Gasteiger partial charge in [-0.25, -0.2) is 4.79 Å². The van der Waals surface area contributed by atoms with Gasteiger partial charge in [0.1, 0.15) is 6.61 Å². The largest absolute Gasteiger partial charge is 0.466 e. The zero-order valence-corrected chi connectivity index (χ0v) is 14.6. The summed E-state index contributed by atoms with van der Waals surface area (Å²) >= 11 is 0. The molecule has 0 saturated carbocycles. The molecule has 6 heteroatoms. The van der Waals surface area contributed by atoms with Crippen LogP contribution in [0.1, 0.15) is 32.8 Å². The van der Waals surface area contributed by atoms with Crippen molar-refractivity contribution < 1.29 is 24.2 Å². The molecule has 0 aliphatic carbocycles. The number of aliphatic hydroxyl groups excluding tert-OH is 1. The van der Waals surface area contributed by atoms with Crippen LogP contribution in [0.15, 0.2) is 30.3 Å². The van der Waals surface area contributed by atoms with E-state index >= 15 is 0 Å². The third-order valence-electron chi connectivity index (χ3n) is 3.74. The number of ether oxygens (including phenoxy) is 2. The van der Waals surface area contributed by atoms with Crippen molar-refractivity contribution in [3.8, 4) is 0 Å². The zero-order valence-electron chi connectivity index (χ0n) is 14.6. The highest BCUT2D eigenvalue weighted by Gasteiger charge is 2.33. The van der Waals surface area contributed by atoms with E-state index in [1.54, 1.807) is 11.8 Å². The van der Waals surface area contributed by atoms with Crippen molar-refractivity contribution in [3.63, 3.8) is 0 Å². The molecule has 1 amide bonds. The molecule has 6 nitrogen and oxygen atoms in total. The second-order valence-corrected chi connectivity index (χ2v) is 5.61. The van der Waals surface area contributed by atoms with E-state index in [1.165, 1.54) is 6.92 Å². The Balaban J connectivity index is 0.000000413. The summed E-state index contributed by atoms with van der Waals surface area (Å²) in [5.41, 5.74) is 0.970.